The third-order valence-electron chi connectivity index (χ3n) is 5.49. The van der Waals surface area contributed by atoms with Gasteiger partial charge in [-0.2, -0.15) is 22.7 Å². The summed E-state index contributed by atoms with van der Waals surface area (Å²) in [5.74, 6) is -9.08. The smallest absolute Gasteiger partial charge is 0.328 e. The highest BCUT2D eigenvalue weighted by Gasteiger charge is 2.64. The van der Waals surface area contributed by atoms with Gasteiger partial charge in [-0.3, -0.25) is 9.36 Å². The Morgan fingerprint density at radius 1 is 1.14 bits per heavy atom. The second-order valence-electron chi connectivity index (χ2n) is 7.72. The van der Waals surface area contributed by atoms with Gasteiger partial charge in [0, 0.05) is 6.42 Å². The van der Waals surface area contributed by atoms with Gasteiger partial charge in [0.15, 0.2) is 0 Å². The van der Waals surface area contributed by atoms with Crippen LogP contribution in [0.1, 0.15) is 35.8 Å². The Labute approximate surface area is 163 Å². The van der Waals surface area contributed by atoms with E-state index in [2.05, 4.69) is 5.10 Å². The highest BCUT2D eigenvalue weighted by Crippen LogP contribution is 2.42. The summed E-state index contributed by atoms with van der Waals surface area (Å²) in [5.41, 5.74) is 1.36. The van der Waals surface area contributed by atoms with Crippen molar-refractivity contribution in [2.75, 3.05) is 13.1 Å². The van der Waals surface area contributed by atoms with E-state index in [0.29, 0.717) is 23.6 Å². The first-order valence-corrected chi connectivity index (χ1v) is 9.37. The molecule has 2 aliphatic heterocycles. The Kier molecular flexibility index (Phi) is 4.54. The lowest BCUT2D eigenvalue weighted by molar-refractivity contribution is -0.172. The summed E-state index contributed by atoms with van der Waals surface area (Å²) in [6.45, 7) is -0.569. The summed E-state index contributed by atoms with van der Waals surface area (Å²) in [4.78, 5) is 26.1. The SMILES string of the molecule is Cc1ccc(Cn2nc3n(c2=O)[C@@H](C(=O)N2CC(F)(F)C(F)(F)C2)CCC3)cc1. The van der Waals surface area contributed by atoms with Crippen molar-refractivity contribution < 1.29 is 22.4 Å². The quantitative estimate of drug-likeness (QED) is 0.728. The van der Waals surface area contributed by atoms with E-state index in [1.165, 1.54) is 9.25 Å². The van der Waals surface area contributed by atoms with Gasteiger partial charge in [-0.1, -0.05) is 29.8 Å². The third-order valence-corrected chi connectivity index (χ3v) is 5.49. The number of amides is 1. The van der Waals surface area contributed by atoms with Crippen LogP contribution in [0.2, 0.25) is 0 Å². The molecule has 2 aromatic rings. The molecule has 0 radical (unpaired) electrons. The first-order chi connectivity index (χ1) is 13.6. The minimum absolute atomic E-state index is 0.194. The number of halogens is 4. The van der Waals surface area contributed by atoms with Crippen molar-refractivity contribution in [2.24, 2.45) is 0 Å². The molecule has 1 fully saturated rings. The highest BCUT2D eigenvalue weighted by atomic mass is 19.3. The van der Waals surface area contributed by atoms with Gasteiger partial charge in [0.1, 0.15) is 11.9 Å². The number of benzene rings is 1. The Morgan fingerprint density at radius 3 is 2.38 bits per heavy atom. The molecule has 0 saturated carbocycles. The number of nitrogens with zero attached hydrogens (tertiary/aromatic N) is 4. The lowest BCUT2D eigenvalue weighted by atomic mass is 10.0. The van der Waals surface area contributed by atoms with E-state index >= 15 is 0 Å². The van der Waals surface area contributed by atoms with Crippen LogP contribution in [0.5, 0.6) is 0 Å². The molecular weight excluding hydrogens is 392 g/mol. The van der Waals surface area contributed by atoms with E-state index in [1.807, 2.05) is 31.2 Å². The van der Waals surface area contributed by atoms with Gasteiger partial charge in [-0.25, -0.2) is 9.48 Å². The molecule has 0 unspecified atom stereocenters. The largest absolute Gasteiger partial charge is 0.346 e. The summed E-state index contributed by atoms with van der Waals surface area (Å²) in [6.07, 6.45) is 1.18. The monoisotopic (exact) mass is 412 g/mol. The zero-order chi connectivity index (χ0) is 21.0. The number of aryl methyl sites for hydroxylation is 2. The van der Waals surface area contributed by atoms with E-state index in [9.17, 15) is 27.2 Å². The first kappa shape index (κ1) is 19.7. The maximum atomic E-state index is 13.5. The van der Waals surface area contributed by atoms with Gasteiger partial charge in [0.2, 0.25) is 5.91 Å². The third kappa shape index (κ3) is 3.34. The lowest BCUT2D eigenvalue weighted by Gasteiger charge is -2.26. The molecule has 4 rings (SSSR count). The van der Waals surface area contributed by atoms with Crippen LogP contribution >= 0.6 is 0 Å². The molecule has 1 aromatic carbocycles. The Morgan fingerprint density at radius 2 is 1.76 bits per heavy atom. The van der Waals surface area contributed by atoms with Crippen molar-refractivity contribution in [2.45, 2.75) is 50.6 Å². The van der Waals surface area contributed by atoms with Gasteiger partial charge in [0.05, 0.1) is 19.6 Å². The zero-order valence-electron chi connectivity index (χ0n) is 15.7. The zero-order valence-corrected chi connectivity index (χ0v) is 15.7. The van der Waals surface area contributed by atoms with Gasteiger partial charge in [-0.05, 0) is 25.3 Å². The fraction of sp³-hybridized carbons (Fsp3) is 0.526. The number of carbonyl (C=O) groups is 1. The van der Waals surface area contributed by atoms with Gasteiger partial charge in [-0.15, -0.1) is 0 Å². The minimum Gasteiger partial charge on any atom is -0.328 e. The molecule has 2 aliphatic rings. The maximum Gasteiger partial charge on any atom is 0.346 e. The average Bonchev–Trinajstić information content (AvgIpc) is 3.09. The standard InChI is InChI=1S/C19H20F4N4O2/c1-12-5-7-13(8-6-12)9-26-17(29)27-14(3-2-4-15(27)24-26)16(28)25-10-18(20,21)19(22,23)11-25/h5-8,14H,2-4,9-11H2,1H3/t14-/m1/s1. The van der Waals surface area contributed by atoms with Gasteiger partial charge in [0.25, 0.3) is 0 Å². The van der Waals surface area contributed by atoms with Crippen LogP contribution in [0.15, 0.2) is 29.1 Å². The summed E-state index contributed by atoms with van der Waals surface area (Å²) in [6, 6.07) is 6.42. The minimum atomic E-state index is -4.28. The number of carbonyl (C=O) groups excluding carboxylic acids is 1. The van der Waals surface area contributed by atoms with E-state index < -0.39 is 42.6 Å². The molecule has 0 bridgehead atoms. The number of hydrogen-bond acceptors (Lipinski definition) is 3. The summed E-state index contributed by atoms with van der Waals surface area (Å²) >= 11 is 0. The highest BCUT2D eigenvalue weighted by molar-refractivity contribution is 5.81. The van der Waals surface area contributed by atoms with Crippen molar-refractivity contribution in [3.63, 3.8) is 0 Å². The number of hydrogen-bond donors (Lipinski definition) is 0. The fourth-order valence-electron chi connectivity index (χ4n) is 3.87. The molecule has 0 aliphatic carbocycles. The van der Waals surface area contributed by atoms with Crippen molar-refractivity contribution in [1.82, 2.24) is 19.2 Å². The normalized spacial score (nSPS) is 22.5. The summed E-state index contributed by atoms with van der Waals surface area (Å²) < 4.78 is 56.5. The number of likely N-dealkylation sites (tertiary alicyclic amines) is 1. The molecule has 1 saturated heterocycles. The predicted molar refractivity (Wildman–Crippen MR) is 95.2 cm³/mol. The molecule has 0 spiro atoms. The van der Waals surface area contributed by atoms with Crippen molar-refractivity contribution in [3.05, 3.63) is 51.7 Å². The Hall–Kier alpha value is -2.65. The van der Waals surface area contributed by atoms with E-state index in [4.69, 9.17) is 0 Å². The van der Waals surface area contributed by atoms with Crippen molar-refractivity contribution in [1.29, 1.82) is 0 Å². The van der Waals surface area contributed by atoms with Crippen LogP contribution in [-0.2, 0) is 17.8 Å². The van der Waals surface area contributed by atoms with E-state index in [1.54, 1.807) is 0 Å². The van der Waals surface area contributed by atoms with Crippen molar-refractivity contribution >= 4 is 5.91 Å². The predicted octanol–water partition coefficient (Wildman–Crippen LogP) is 2.39. The summed E-state index contributed by atoms with van der Waals surface area (Å²) in [5, 5.41) is 4.28. The number of fused-ring (bicyclic) bond motifs is 1. The molecule has 0 N–H and O–H groups in total. The van der Waals surface area contributed by atoms with Gasteiger partial charge < -0.3 is 4.90 Å². The molecule has 29 heavy (non-hydrogen) atoms. The molecule has 10 heteroatoms. The van der Waals surface area contributed by atoms with Crippen LogP contribution in [0.3, 0.4) is 0 Å². The fourth-order valence-corrected chi connectivity index (χ4v) is 3.87. The second kappa shape index (κ2) is 6.70. The summed E-state index contributed by atoms with van der Waals surface area (Å²) in [7, 11) is 0. The molecule has 3 heterocycles. The Bertz CT molecular complexity index is 981. The van der Waals surface area contributed by atoms with E-state index in [-0.39, 0.29) is 13.0 Å². The van der Waals surface area contributed by atoms with Crippen LogP contribution < -0.4 is 5.69 Å². The first-order valence-electron chi connectivity index (χ1n) is 9.37. The molecule has 1 amide bonds. The number of alkyl halides is 4. The Balaban J connectivity index is 1.62. The van der Waals surface area contributed by atoms with Crippen LogP contribution in [0, 0.1) is 6.92 Å². The molecule has 6 nitrogen and oxygen atoms in total. The molecular formula is C19H20F4N4O2. The molecule has 1 aromatic heterocycles. The average molecular weight is 412 g/mol. The van der Waals surface area contributed by atoms with Crippen LogP contribution in [-0.4, -0.2) is 50.1 Å². The lowest BCUT2D eigenvalue weighted by Crippen LogP contribution is -2.42. The molecule has 156 valence electrons. The second-order valence-corrected chi connectivity index (χ2v) is 7.72. The van der Waals surface area contributed by atoms with Crippen LogP contribution in [0.4, 0.5) is 17.6 Å². The number of rotatable bonds is 3. The van der Waals surface area contributed by atoms with Crippen molar-refractivity contribution in [3.8, 4) is 0 Å². The number of aromatic nitrogens is 3. The van der Waals surface area contributed by atoms with Gasteiger partial charge >= 0.3 is 17.5 Å². The molecule has 1 atom stereocenters. The maximum absolute atomic E-state index is 13.5. The topological polar surface area (TPSA) is 60.1 Å². The van der Waals surface area contributed by atoms with Crippen LogP contribution in [0.25, 0.3) is 0 Å². The van der Waals surface area contributed by atoms with E-state index in [0.717, 1.165) is 11.1 Å².